The number of hydrogen-bond acceptors (Lipinski definition) is 3. The van der Waals surface area contributed by atoms with Gasteiger partial charge in [0.25, 0.3) is 0 Å². The first-order valence-electron chi connectivity index (χ1n) is 6.48. The first-order chi connectivity index (χ1) is 10.1. The maximum atomic E-state index is 12.0. The third kappa shape index (κ3) is 4.91. The summed E-state index contributed by atoms with van der Waals surface area (Å²) in [6.07, 6.45) is 2.23. The lowest BCUT2D eigenvalue weighted by Gasteiger charge is -2.10. The van der Waals surface area contributed by atoms with Crippen LogP contribution in [0.25, 0.3) is 0 Å². The number of benzene rings is 1. The molecule has 0 atom stereocenters. The van der Waals surface area contributed by atoms with Gasteiger partial charge in [0.2, 0.25) is 5.91 Å². The number of anilines is 1. The van der Waals surface area contributed by atoms with E-state index in [0.717, 1.165) is 17.3 Å². The monoisotopic (exact) mass is 382 g/mol. The Balaban J connectivity index is 1.92. The molecule has 1 aromatic heterocycles. The van der Waals surface area contributed by atoms with E-state index in [1.165, 1.54) is 4.88 Å². The summed E-state index contributed by atoms with van der Waals surface area (Å²) in [7, 11) is 0. The van der Waals surface area contributed by atoms with E-state index in [1.807, 2.05) is 23.6 Å². The highest BCUT2D eigenvalue weighted by Gasteiger charge is 2.09. The summed E-state index contributed by atoms with van der Waals surface area (Å²) in [6.45, 7) is 0. The van der Waals surface area contributed by atoms with Crippen LogP contribution >= 0.6 is 39.5 Å². The van der Waals surface area contributed by atoms with Crippen molar-refractivity contribution in [3.05, 3.63) is 50.6 Å². The van der Waals surface area contributed by atoms with Crippen molar-refractivity contribution in [1.29, 1.82) is 0 Å². The third-order valence-electron chi connectivity index (χ3n) is 2.93. The molecule has 0 aliphatic carbocycles. The van der Waals surface area contributed by atoms with Crippen molar-refractivity contribution >= 4 is 56.1 Å². The first-order valence-corrected chi connectivity index (χ1v) is 8.56. The van der Waals surface area contributed by atoms with Crippen LogP contribution in [-0.4, -0.2) is 10.9 Å². The number of hydrogen-bond donors (Lipinski definition) is 2. The molecule has 0 bridgehead atoms. The molecular formula is C15H15BrN2OS2. The first kappa shape index (κ1) is 16.1. The average molecular weight is 383 g/mol. The van der Waals surface area contributed by atoms with Crippen LogP contribution in [0.2, 0.25) is 0 Å². The normalized spacial score (nSPS) is 10.3. The van der Waals surface area contributed by atoms with E-state index >= 15 is 0 Å². The number of nitrogens with two attached hydrogens (primary N) is 1. The summed E-state index contributed by atoms with van der Waals surface area (Å²) < 4.78 is 0.876. The highest BCUT2D eigenvalue weighted by molar-refractivity contribution is 9.10. The van der Waals surface area contributed by atoms with Crippen LogP contribution in [-0.2, 0) is 11.2 Å². The van der Waals surface area contributed by atoms with Gasteiger partial charge in [0.05, 0.1) is 5.69 Å². The van der Waals surface area contributed by atoms with Crippen molar-refractivity contribution in [1.82, 2.24) is 0 Å². The maximum absolute atomic E-state index is 12.0. The Morgan fingerprint density at radius 3 is 2.86 bits per heavy atom. The fraction of sp³-hybridized carbons (Fsp3) is 0.200. The number of amides is 1. The van der Waals surface area contributed by atoms with Crippen LogP contribution in [0.1, 0.15) is 23.3 Å². The van der Waals surface area contributed by atoms with Crippen molar-refractivity contribution < 1.29 is 4.79 Å². The number of rotatable bonds is 6. The lowest BCUT2D eigenvalue weighted by molar-refractivity contribution is -0.116. The predicted molar refractivity (Wildman–Crippen MR) is 95.9 cm³/mol. The van der Waals surface area contributed by atoms with E-state index < -0.39 is 0 Å². The molecule has 1 heterocycles. The van der Waals surface area contributed by atoms with Crippen LogP contribution in [0.4, 0.5) is 5.69 Å². The molecule has 0 aliphatic rings. The lowest BCUT2D eigenvalue weighted by atomic mass is 10.1. The highest BCUT2D eigenvalue weighted by atomic mass is 79.9. The Labute approximate surface area is 141 Å². The molecule has 0 saturated carbocycles. The summed E-state index contributed by atoms with van der Waals surface area (Å²) in [5.74, 6) is -0.0219. The second kappa shape index (κ2) is 7.68. The summed E-state index contributed by atoms with van der Waals surface area (Å²) in [5.41, 5.74) is 7.02. The van der Waals surface area contributed by atoms with Crippen LogP contribution in [0.5, 0.6) is 0 Å². The van der Waals surface area contributed by atoms with Gasteiger partial charge in [-0.1, -0.05) is 34.2 Å². The fourth-order valence-corrected chi connectivity index (χ4v) is 3.20. The Kier molecular flexibility index (Phi) is 5.90. The molecule has 3 nitrogen and oxygen atoms in total. The van der Waals surface area contributed by atoms with Gasteiger partial charge in [0.1, 0.15) is 4.99 Å². The van der Waals surface area contributed by atoms with Crippen LogP contribution in [0.15, 0.2) is 40.2 Å². The van der Waals surface area contributed by atoms with Gasteiger partial charge >= 0.3 is 0 Å². The van der Waals surface area contributed by atoms with Gasteiger partial charge in [-0.3, -0.25) is 4.79 Å². The van der Waals surface area contributed by atoms with Gasteiger partial charge in [0, 0.05) is 21.3 Å². The van der Waals surface area contributed by atoms with Crippen LogP contribution in [0, 0.1) is 0 Å². The van der Waals surface area contributed by atoms with Gasteiger partial charge in [0.15, 0.2) is 0 Å². The van der Waals surface area contributed by atoms with E-state index in [9.17, 15) is 4.79 Å². The molecule has 0 spiro atoms. The minimum Gasteiger partial charge on any atom is -0.389 e. The van der Waals surface area contributed by atoms with E-state index in [4.69, 9.17) is 18.0 Å². The van der Waals surface area contributed by atoms with Crippen molar-refractivity contribution in [2.45, 2.75) is 19.3 Å². The van der Waals surface area contributed by atoms with Gasteiger partial charge in [-0.2, -0.15) is 0 Å². The molecule has 0 radical (unpaired) electrons. The molecule has 3 N–H and O–H groups in total. The SMILES string of the molecule is NC(=S)c1cc(Br)ccc1NC(=O)CCCc1cccs1. The molecule has 2 rings (SSSR count). The number of aryl methyl sites for hydroxylation is 1. The Bertz CT molecular complexity index is 641. The zero-order chi connectivity index (χ0) is 15.2. The predicted octanol–water partition coefficient (Wildman–Crippen LogP) is 4.11. The summed E-state index contributed by atoms with van der Waals surface area (Å²) in [6, 6.07) is 9.57. The zero-order valence-corrected chi connectivity index (χ0v) is 14.5. The van der Waals surface area contributed by atoms with Crippen molar-refractivity contribution in [3.63, 3.8) is 0 Å². The second-order valence-corrected chi connectivity index (χ2v) is 6.92. The van der Waals surface area contributed by atoms with E-state index in [-0.39, 0.29) is 10.9 Å². The largest absolute Gasteiger partial charge is 0.389 e. The minimum atomic E-state index is -0.0219. The molecular weight excluding hydrogens is 368 g/mol. The maximum Gasteiger partial charge on any atom is 0.224 e. The molecule has 0 saturated heterocycles. The Morgan fingerprint density at radius 1 is 1.38 bits per heavy atom. The average Bonchev–Trinajstić information content (AvgIpc) is 2.94. The number of carbonyl (C=O) groups excluding carboxylic acids is 1. The van der Waals surface area contributed by atoms with E-state index in [0.29, 0.717) is 17.7 Å². The molecule has 0 fully saturated rings. The number of thiophene rings is 1. The Morgan fingerprint density at radius 2 is 2.19 bits per heavy atom. The molecule has 2 aromatic rings. The summed E-state index contributed by atoms with van der Waals surface area (Å²) in [4.78, 5) is 13.6. The van der Waals surface area contributed by atoms with Gasteiger partial charge in [-0.25, -0.2) is 0 Å². The number of thiocarbonyl (C=S) groups is 1. The molecule has 110 valence electrons. The second-order valence-electron chi connectivity index (χ2n) is 4.54. The third-order valence-corrected chi connectivity index (χ3v) is 4.58. The molecule has 0 unspecified atom stereocenters. The molecule has 0 aliphatic heterocycles. The fourth-order valence-electron chi connectivity index (χ4n) is 1.92. The van der Waals surface area contributed by atoms with E-state index in [2.05, 4.69) is 27.3 Å². The molecule has 1 aromatic carbocycles. The number of carbonyl (C=O) groups is 1. The van der Waals surface area contributed by atoms with Gasteiger partial charge < -0.3 is 11.1 Å². The molecule has 6 heteroatoms. The minimum absolute atomic E-state index is 0.0219. The van der Waals surface area contributed by atoms with Crippen LogP contribution in [0.3, 0.4) is 0 Å². The standard InChI is InChI=1S/C15H15BrN2OS2/c16-10-6-7-13(12(9-10)15(17)20)18-14(19)5-1-3-11-4-2-8-21-11/h2,4,6-9H,1,3,5H2,(H2,17,20)(H,18,19). The van der Waals surface area contributed by atoms with Crippen molar-refractivity contribution in [2.75, 3.05) is 5.32 Å². The smallest absolute Gasteiger partial charge is 0.224 e. The number of nitrogens with one attached hydrogen (secondary N) is 1. The topological polar surface area (TPSA) is 55.1 Å². The van der Waals surface area contributed by atoms with Crippen LogP contribution < -0.4 is 11.1 Å². The quantitative estimate of drug-likeness (QED) is 0.739. The summed E-state index contributed by atoms with van der Waals surface area (Å²) in [5, 5.41) is 4.92. The number of halogens is 1. The molecule has 1 amide bonds. The van der Waals surface area contributed by atoms with Crippen molar-refractivity contribution in [2.24, 2.45) is 5.73 Å². The van der Waals surface area contributed by atoms with E-state index in [1.54, 1.807) is 17.4 Å². The van der Waals surface area contributed by atoms with Crippen molar-refractivity contribution in [3.8, 4) is 0 Å². The Hall–Kier alpha value is -1.24. The molecule has 21 heavy (non-hydrogen) atoms. The van der Waals surface area contributed by atoms with Gasteiger partial charge in [-0.15, -0.1) is 11.3 Å². The highest BCUT2D eigenvalue weighted by Crippen LogP contribution is 2.21. The lowest BCUT2D eigenvalue weighted by Crippen LogP contribution is -2.17. The van der Waals surface area contributed by atoms with Gasteiger partial charge in [-0.05, 0) is 42.5 Å². The summed E-state index contributed by atoms with van der Waals surface area (Å²) >= 11 is 10.1. The zero-order valence-electron chi connectivity index (χ0n) is 11.3.